The van der Waals surface area contributed by atoms with Crippen LogP contribution in [0.1, 0.15) is 25.0 Å². The van der Waals surface area contributed by atoms with E-state index in [4.69, 9.17) is 4.74 Å². The Morgan fingerprint density at radius 3 is 2.63 bits per heavy atom. The van der Waals surface area contributed by atoms with Crippen LogP contribution >= 0.6 is 27.7 Å². The SMILES string of the molecule is CC(C)N1C(=O)S/C(=C/c2ccc(OCc3cccc(F)c3)c(Br)c2)C1=O. The van der Waals surface area contributed by atoms with Crippen LogP contribution in [0.3, 0.4) is 0 Å². The Morgan fingerprint density at radius 2 is 2.00 bits per heavy atom. The first kappa shape index (κ1) is 19.6. The summed E-state index contributed by atoms with van der Waals surface area (Å²) in [5.41, 5.74) is 1.50. The second-order valence-corrected chi connectivity index (χ2v) is 8.10. The fourth-order valence-corrected chi connectivity index (χ4v) is 4.06. The summed E-state index contributed by atoms with van der Waals surface area (Å²) in [6, 6.07) is 11.4. The van der Waals surface area contributed by atoms with Gasteiger partial charge in [-0.2, -0.15) is 0 Å². The third-order valence-electron chi connectivity index (χ3n) is 3.88. The second-order valence-electron chi connectivity index (χ2n) is 6.25. The highest BCUT2D eigenvalue weighted by atomic mass is 79.9. The molecular formula is C20H17BrFNO3S. The molecule has 1 saturated heterocycles. The topological polar surface area (TPSA) is 46.6 Å². The largest absolute Gasteiger partial charge is 0.488 e. The second kappa shape index (κ2) is 8.27. The molecule has 0 aromatic heterocycles. The monoisotopic (exact) mass is 449 g/mol. The molecule has 1 heterocycles. The van der Waals surface area contributed by atoms with Crippen LogP contribution in [-0.2, 0) is 11.4 Å². The summed E-state index contributed by atoms with van der Waals surface area (Å²) in [4.78, 5) is 26.0. The number of carbonyl (C=O) groups is 2. The quantitative estimate of drug-likeness (QED) is 0.556. The predicted molar refractivity (Wildman–Crippen MR) is 108 cm³/mol. The number of rotatable bonds is 5. The van der Waals surface area contributed by atoms with E-state index in [1.807, 2.05) is 6.07 Å². The lowest BCUT2D eigenvalue weighted by molar-refractivity contribution is -0.123. The van der Waals surface area contributed by atoms with Crippen LogP contribution in [0.5, 0.6) is 5.75 Å². The predicted octanol–water partition coefficient (Wildman–Crippen LogP) is 5.61. The molecular weight excluding hydrogens is 433 g/mol. The number of ether oxygens (including phenoxy) is 1. The summed E-state index contributed by atoms with van der Waals surface area (Å²) >= 11 is 4.39. The van der Waals surface area contributed by atoms with E-state index in [1.54, 1.807) is 44.2 Å². The minimum absolute atomic E-state index is 0.172. The maximum absolute atomic E-state index is 13.2. The van der Waals surface area contributed by atoms with Crippen molar-refractivity contribution in [2.75, 3.05) is 0 Å². The number of amides is 2. The highest BCUT2D eigenvalue weighted by molar-refractivity contribution is 9.10. The van der Waals surface area contributed by atoms with Crippen molar-refractivity contribution in [3.63, 3.8) is 0 Å². The average molecular weight is 450 g/mol. The summed E-state index contributed by atoms with van der Waals surface area (Å²) in [6.07, 6.45) is 1.69. The van der Waals surface area contributed by atoms with Crippen molar-refractivity contribution in [3.05, 3.63) is 68.8 Å². The lowest BCUT2D eigenvalue weighted by atomic mass is 10.2. The molecule has 0 radical (unpaired) electrons. The summed E-state index contributed by atoms with van der Waals surface area (Å²) in [7, 11) is 0. The van der Waals surface area contributed by atoms with Gasteiger partial charge in [0.2, 0.25) is 0 Å². The molecule has 2 aromatic rings. The molecule has 0 saturated carbocycles. The number of halogens is 2. The van der Waals surface area contributed by atoms with Crippen LogP contribution in [-0.4, -0.2) is 22.1 Å². The first-order valence-corrected chi connectivity index (χ1v) is 9.90. The zero-order valence-corrected chi connectivity index (χ0v) is 17.1. The van der Waals surface area contributed by atoms with E-state index in [9.17, 15) is 14.0 Å². The van der Waals surface area contributed by atoms with E-state index < -0.39 is 0 Å². The molecule has 1 aliphatic heterocycles. The van der Waals surface area contributed by atoms with Gasteiger partial charge in [0.25, 0.3) is 11.1 Å². The van der Waals surface area contributed by atoms with Crippen molar-refractivity contribution in [2.24, 2.45) is 0 Å². The third kappa shape index (κ3) is 4.59. The van der Waals surface area contributed by atoms with E-state index in [0.717, 1.165) is 22.9 Å². The van der Waals surface area contributed by atoms with Crippen LogP contribution < -0.4 is 4.74 Å². The molecule has 1 aliphatic rings. The maximum atomic E-state index is 13.2. The molecule has 2 amide bonds. The van der Waals surface area contributed by atoms with Crippen molar-refractivity contribution < 1.29 is 18.7 Å². The number of imide groups is 1. The van der Waals surface area contributed by atoms with Gasteiger partial charge in [-0.15, -0.1) is 0 Å². The third-order valence-corrected chi connectivity index (χ3v) is 5.38. The molecule has 0 N–H and O–H groups in total. The van der Waals surface area contributed by atoms with E-state index in [0.29, 0.717) is 15.1 Å². The molecule has 4 nitrogen and oxygen atoms in total. The highest BCUT2D eigenvalue weighted by Crippen LogP contribution is 2.35. The van der Waals surface area contributed by atoms with E-state index >= 15 is 0 Å². The van der Waals surface area contributed by atoms with Gasteiger partial charge in [-0.1, -0.05) is 18.2 Å². The lowest BCUT2D eigenvalue weighted by Crippen LogP contribution is -2.34. The highest BCUT2D eigenvalue weighted by Gasteiger charge is 2.36. The molecule has 1 fully saturated rings. The molecule has 27 heavy (non-hydrogen) atoms. The fourth-order valence-electron chi connectivity index (χ4n) is 2.59. The lowest BCUT2D eigenvalue weighted by Gasteiger charge is -2.16. The van der Waals surface area contributed by atoms with Crippen LogP contribution in [0.25, 0.3) is 6.08 Å². The zero-order valence-electron chi connectivity index (χ0n) is 14.7. The average Bonchev–Trinajstić information content (AvgIpc) is 2.88. The van der Waals surface area contributed by atoms with Gasteiger partial charge in [0, 0.05) is 6.04 Å². The first-order valence-electron chi connectivity index (χ1n) is 8.29. The van der Waals surface area contributed by atoms with Gasteiger partial charge in [-0.05, 0) is 83.0 Å². The van der Waals surface area contributed by atoms with E-state index in [2.05, 4.69) is 15.9 Å². The smallest absolute Gasteiger partial charge is 0.293 e. The van der Waals surface area contributed by atoms with E-state index in [-0.39, 0.29) is 29.6 Å². The Hall–Kier alpha value is -2.12. The van der Waals surface area contributed by atoms with Crippen LogP contribution in [0.15, 0.2) is 51.8 Å². The maximum Gasteiger partial charge on any atom is 0.293 e. The Bertz CT molecular complexity index is 929. The van der Waals surface area contributed by atoms with Crippen LogP contribution in [0, 0.1) is 5.82 Å². The molecule has 0 atom stereocenters. The van der Waals surface area contributed by atoms with Gasteiger partial charge in [0.05, 0.1) is 9.38 Å². The zero-order chi connectivity index (χ0) is 19.6. The molecule has 0 unspecified atom stereocenters. The molecule has 140 valence electrons. The summed E-state index contributed by atoms with van der Waals surface area (Å²) in [6.45, 7) is 3.85. The van der Waals surface area contributed by atoms with Crippen molar-refractivity contribution in [2.45, 2.75) is 26.5 Å². The van der Waals surface area contributed by atoms with Gasteiger partial charge in [-0.3, -0.25) is 14.5 Å². The number of thioether (sulfide) groups is 1. The van der Waals surface area contributed by atoms with E-state index in [1.165, 1.54) is 17.0 Å². The Labute approximate surface area is 169 Å². The summed E-state index contributed by atoms with van der Waals surface area (Å²) in [5.74, 6) is 0.0232. The van der Waals surface area contributed by atoms with Crippen LogP contribution in [0.2, 0.25) is 0 Å². The first-order chi connectivity index (χ1) is 12.8. The molecule has 0 aliphatic carbocycles. The van der Waals surface area contributed by atoms with Crippen LogP contribution in [0.4, 0.5) is 9.18 Å². The molecule has 0 bridgehead atoms. The van der Waals surface area contributed by atoms with Gasteiger partial charge >= 0.3 is 0 Å². The molecule has 3 rings (SSSR count). The van der Waals surface area contributed by atoms with Crippen molar-refractivity contribution in [3.8, 4) is 5.75 Å². The fraction of sp³-hybridized carbons (Fsp3) is 0.200. The standard InChI is InChI=1S/C20H17BrFNO3S/c1-12(2)23-19(24)18(27-20(23)25)10-13-6-7-17(16(21)9-13)26-11-14-4-3-5-15(22)8-14/h3-10,12H,11H2,1-2H3/b18-10+. The van der Waals surface area contributed by atoms with Crippen molar-refractivity contribution in [1.29, 1.82) is 0 Å². The number of carbonyl (C=O) groups excluding carboxylic acids is 2. The van der Waals surface area contributed by atoms with Gasteiger partial charge in [0.15, 0.2) is 0 Å². The summed E-state index contributed by atoms with van der Waals surface area (Å²) in [5, 5.41) is -0.254. The minimum atomic E-state index is -0.305. The Kier molecular flexibility index (Phi) is 6.01. The number of benzene rings is 2. The Morgan fingerprint density at radius 1 is 1.22 bits per heavy atom. The Balaban J connectivity index is 1.73. The normalized spacial score (nSPS) is 15.9. The van der Waals surface area contributed by atoms with Crippen molar-refractivity contribution >= 4 is 44.9 Å². The molecule has 0 spiro atoms. The summed E-state index contributed by atoms with van der Waals surface area (Å²) < 4.78 is 19.7. The number of nitrogens with zero attached hydrogens (tertiary/aromatic N) is 1. The number of hydrogen-bond acceptors (Lipinski definition) is 4. The van der Waals surface area contributed by atoms with Gasteiger partial charge < -0.3 is 4.74 Å². The minimum Gasteiger partial charge on any atom is -0.488 e. The van der Waals surface area contributed by atoms with Gasteiger partial charge in [0.1, 0.15) is 18.2 Å². The number of hydrogen-bond donors (Lipinski definition) is 0. The van der Waals surface area contributed by atoms with Crippen molar-refractivity contribution in [1.82, 2.24) is 4.90 Å². The van der Waals surface area contributed by atoms with Gasteiger partial charge in [-0.25, -0.2) is 4.39 Å². The molecule has 2 aromatic carbocycles. The molecule has 7 heteroatoms.